The van der Waals surface area contributed by atoms with Crippen LogP contribution in [0.1, 0.15) is 53.6 Å². The minimum Gasteiger partial charge on any atom is -0.378 e. The van der Waals surface area contributed by atoms with E-state index < -0.39 is 17.4 Å². The molecular weight excluding hydrogens is 445 g/mol. The minimum absolute atomic E-state index is 0.0708. The number of aromatic nitrogens is 2. The number of nitrogens with zero attached hydrogens (tertiary/aromatic N) is 2. The number of hydrogen-bond acceptors (Lipinski definition) is 4. The molecule has 0 radical (unpaired) electrons. The largest absolute Gasteiger partial charge is 0.378 e. The van der Waals surface area contributed by atoms with E-state index in [4.69, 9.17) is 16.6 Å². The normalized spacial score (nSPS) is 17.7. The first-order chi connectivity index (χ1) is 15.9. The van der Waals surface area contributed by atoms with Crippen molar-refractivity contribution in [1.29, 1.82) is 0 Å². The summed E-state index contributed by atoms with van der Waals surface area (Å²) < 4.78 is 13.8. The molecule has 2 N–H and O–H groups in total. The van der Waals surface area contributed by atoms with Gasteiger partial charge in [0.1, 0.15) is 11.6 Å². The SMILES string of the molecule is O=C(C(O)c1cccc(Cl)c1)N1CCCc2nc(C3(c4cccc(F)c4)CC3)[nH]c(=O)c2C1. The quantitative estimate of drug-likeness (QED) is 0.613. The van der Waals surface area contributed by atoms with Gasteiger partial charge in [-0.05, 0) is 61.1 Å². The van der Waals surface area contributed by atoms with Gasteiger partial charge in [0.05, 0.1) is 23.2 Å². The Labute approximate surface area is 195 Å². The molecule has 5 rings (SSSR count). The van der Waals surface area contributed by atoms with E-state index in [2.05, 4.69) is 4.98 Å². The lowest BCUT2D eigenvalue weighted by molar-refractivity contribution is -0.141. The van der Waals surface area contributed by atoms with Crippen LogP contribution in [-0.4, -0.2) is 32.4 Å². The summed E-state index contributed by atoms with van der Waals surface area (Å²) in [7, 11) is 0. The standard InChI is InChI=1S/C25H23ClFN3O3/c26-17-6-1-4-15(12-17)21(31)23(33)30-11-3-8-20-19(14-30)22(32)29-24(28-20)25(9-10-25)16-5-2-7-18(27)13-16/h1-2,4-7,12-13,21,31H,3,8-11,14H2,(H,28,29,32). The van der Waals surface area contributed by atoms with Crippen molar-refractivity contribution in [3.8, 4) is 0 Å². The van der Waals surface area contributed by atoms with E-state index in [-0.39, 0.29) is 17.9 Å². The van der Waals surface area contributed by atoms with Gasteiger partial charge in [0, 0.05) is 11.6 Å². The maximum absolute atomic E-state index is 13.8. The lowest BCUT2D eigenvalue weighted by atomic mass is 9.94. The third-order valence-electron chi connectivity index (χ3n) is 6.58. The van der Waals surface area contributed by atoms with Crippen LogP contribution < -0.4 is 5.56 Å². The number of carbonyl (C=O) groups is 1. The van der Waals surface area contributed by atoms with E-state index >= 15 is 0 Å². The highest BCUT2D eigenvalue weighted by atomic mass is 35.5. The first kappa shape index (κ1) is 21.8. The smallest absolute Gasteiger partial charge is 0.256 e. The molecule has 1 aliphatic heterocycles. The fourth-order valence-electron chi connectivity index (χ4n) is 4.60. The second-order valence-corrected chi connectivity index (χ2v) is 9.19. The van der Waals surface area contributed by atoms with Crippen molar-refractivity contribution < 1.29 is 14.3 Å². The van der Waals surface area contributed by atoms with Crippen LogP contribution in [0, 0.1) is 5.82 Å². The predicted octanol–water partition coefficient (Wildman–Crippen LogP) is 3.65. The molecule has 0 saturated heterocycles. The van der Waals surface area contributed by atoms with Crippen molar-refractivity contribution in [1.82, 2.24) is 14.9 Å². The number of benzene rings is 2. The van der Waals surface area contributed by atoms with E-state index in [0.717, 1.165) is 18.4 Å². The van der Waals surface area contributed by atoms with Crippen molar-refractivity contribution in [2.24, 2.45) is 0 Å². The van der Waals surface area contributed by atoms with E-state index in [9.17, 15) is 19.1 Å². The zero-order valence-electron chi connectivity index (χ0n) is 17.9. The highest BCUT2D eigenvalue weighted by Crippen LogP contribution is 2.52. The Morgan fingerprint density at radius 3 is 2.73 bits per heavy atom. The van der Waals surface area contributed by atoms with Gasteiger partial charge in [-0.25, -0.2) is 9.37 Å². The summed E-state index contributed by atoms with van der Waals surface area (Å²) >= 11 is 5.99. The third-order valence-corrected chi connectivity index (χ3v) is 6.82. The molecule has 2 aliphatic rings. The van der Waals surface area contributed by atoms with Crippen LogP contribution in [0.4, 0.5) is 4.39 Å². The molecule has 8 heteroatoms. The number of nitrogens with one attached hydrogen (secondary N) is 1. The molecule has 3 aromatic rings. The van der Waals surface area contributed by atoms with Gasteiger partial charge in [-0.1, -0.05) is 35.9 Å². The second kappa shape index (κ2) is 8.39. The maximum Gasteiger partial charge on any atom is 0.256 e. The van der Waals surface area contributed by atoms with Gasteiger partial charge in [0.15, 0.2) is 6.10 Å². The Hall–Kier alpha value is -3.03. The number of carbonyl (C=O) groups excluding carboxylic acids is 1. The van der Waals surface area contributed by atoms with Crippen molar-refractivity contribution in [3.05, 3.63) is 97.9 Å². The molecule has 2 heterocycles. The number of amides is 1. The second-order valence-electron chi connectivity index (χ2n) is 8.75. The number of rotatable bonds is 4. The molecule has 1 aromatic heterocycles. The van der Waals surface area contributed by atoms with E-state index in [1.54, 1.807) is 30.3 Å². The fourth-order valence-corrected chi connectivity index (χ4v) is 4.80. The topological polar surface area (TPSA) is 86.3 Å². The molecular formula is C25H23ClFN3O3. The van der Waals surface area contributed by atoms with Gasteiger partial charge in [-0.2, -0.15) is 0 Å². The van der Waals surface area contributed by atoms with Crippen LogP contribution in [-0.2, 0) is 23.2 Å². The van der Waals surface area contributed by atoms with Crippen LogP contribution in [0.5, 0.6) is 0 Å². The van der Waals surface area contributed by atoms with Gasteiger partial charge in [0.25, 0.3) is 11.5 Å². The zero-order chi connectivity index (χ0) is 23.2. The first-order valence-corrected chi connectivity index (χ1v) is 11.4. The highest BCUT2D eigenvalue weighted by molar-refractivity contribution is 6.30. The van der Waals surface area contributed by atoms with Gasteiger partial charge >= 0.3 is 0 Å². The molecule has 1 aliphatic carbocycles. The van der Waals surface area contributed by atoms with Crippen LogP contribution in [0.2, 0.25) is 5.02 Å². The van der Waals surface area contributed by atoms with Crippen LogP contribution in [0.3, 0.4) is 0 Å². The fraction of sp³-hybridized carbons (Fsp3) is 0.320. The number of aryl methyl sites for hydroxylation is 1. The summed E-state index contributed by atoms with van der Waals surface area (Å²) in [6.45, 7) is 0.470. The maximum atomic E-state index is 13.8. The predicted molar refractivity (Wildman–Crippen MR) is 121 cm³/mol. The van der Waals surface area contributed by atoms with E-state index in [1.807, 2.05) is 6.07 Å². The van der Waals surface area contributed by atoms with E-state index in [0.29, 0.717) is 47.1 Å². The monoisotopic (exact) mass is 467 g/mol. The van der Waals surface area contributed by atoms with Crippen LogP contribution in [0.15, 0.2) is 53.3 Å². The van der Waals surface area contributed by atoms with Gasteiger partial charge in [-0.15, -0.1) is 0 Å². The first-order valence-electron chi connectivity index (χ1n) is 11.0. The van der Waals surface area contributed by atoms with Crippen LogP contribution in [0.25, 0.3) is 0 Å². The third kappa shape index (κ3) is 4.07. The molecule has 1 unspecified atom stereocenters. The molecule has 1 saturated carbocycles. The number of halogens is 2. The number of aliphatic hydroxyl groups is 1. The number of hydrogen-bond donors (Lipinski definition) is 2. The molecule has 2 aromatic carbocycles. The van der Waals surface area contributed by atoms with Crippen molar-refractivity contribution in [2.75, 3.05) is 6.54 Å². The molecule has 1 amide bonds. The average Bonchev–Trinajstić information content (AvgIpc) is 3.62. The lowest BCUT2D eigenvalue weighted by Crippen LogP contribution is -2.36. The lowest BCUT2D eigenvalue weighted by Gasteiger charge is -2.24. The van der Waals surface area contributed by atoms with E-state index in [1.165, 1.54) is 17.0 Å². The summed E-state index contributed by atoms with van der Waals surface area (Å²) in [5, 5.41) is 11.0. The molecule has 0 bridgehead atoms. The summed E-state index contributed by atoms with van der Waals surface area (Å²) in [5.74, 6) is -0.245. The summed E-state index contributed by atoms with van der Waals surface area (Å²) in [6, 6.07) is 13.0. The minimum atomic E-state index is -1.36. The van der Waals surface area contributed by atoms with Crippen molar-refractivity contribution in [3.63, 3.8) is 0 Å². The molecule has 1 fully saturated rings. The summed E-state index contributed by atoms with van der Waals surface area (Å²) in [6.07, 6.45) is 1.37. The van der Waals surface area contributed by atoms with Crippen molar-refractivity contribution >= 4 is 17.5 Å². The average molecular weight is 468 g/mol. The summed E-state index contributed by atoms with van der Waals surface area (Å²) in [5.41, 5.74) is 1.53. The Morgan fingerprint density at radius 2 is 2.00 bits per heavy atom. The number of aliphatic hydroxyl groups excluding tert-OH is 1. The molecule has 6 nitrogen and oxygen atoms in total. The Morgan fingerprint density at radius 1 is 1.21 bits per heavy atom. The van der Waals surface area contributed by atoms with Crippen LogP contribution >= 0.6 is 11.6 Å². The van der Waals surface area contributed by atoms with Gasteiger partial charge < -0.3 is 15.0 Å². The van der Waals surface area contributed by atoms with Crippen molar-refractivity contribution in [2.45, 2.75) is 43.7 Å². The number of fused-ring (bicyclic) bond motifs is 1. The van der Waals surface area contributed by atoms with Gasteiger partial charge in [0.2, 0.25) is 0 Å². The number of H-pyrrole nitrogens is 1. The Kier molecular flexibility index (Phi) is 5.54. The Balaban J connectivity index is 1.43. The molecule has 0 spiro atoms. The molecule has 1 atom stereocenters. The zero-order valence-corrected chi connectivity index (χ0v) is 18.6. The number of aromatic amines is 1. The van der Waals surface area contributed by atoms with Gasteiger partial charge in [-0.3, -0.25) is 9.59 Å². The Bertz CT molecular complexity index is 1290. The highest BCUT2D eigenvalue weighted by Gasteiger charge is 2.49. The molecule has 170 valence electrons. The summed E-state index contributed by atoms with van der Waals surface area (Å²) in [4.78, 5) is 35.3. The molecule has 33 heavy (non-hydrogen) atoms.